The number of aliphatic hydroxyl groups is 2. The molecule has 0 heterocycles. The Bertz CT molecular complexity index is 328. The summed E-state index contributed by atoms with van der Waals surface area (Å²) in [5, 5.41) is 19.1. The first-order chi connectivity index (χ1) is 8.31. The molecule has 17 heavy (non-hydrogen) atoms. The van der Waals surface area contributed by atoms with Crippen molar-refractivity contribution in [3.05, 3.63) is 35.9 Å². The fourth-order valence-electron chi connectivity index (χ4n) is 2.66. The summed E-state index contributed by atoms with van der Waals surface area (Å²) in [6.45, 7) is 1.59. The monoisotopic (exact) mass is 235 g/mol. The summed E-state index contributed by atoms with van der Waals surface area (Å²) in [4.78, 5) is 2.20. The molecule has 2 N–H and O–H groups in total. The number of rotatable bonds is 5. The van der Waals surface area contributed by atoms with Gasteiger partial charge in [-0.25, -0.2) is 0 Å². The van der Waals surface area contributed by atoms with Crippen LogP contribution in [0.5, 0.6) is 0 Å². The van der Waals surface area contributed by atoms with Gasteiger partial charge in [0.05, 0.1) is 12.7 Å². The number of hydrogen-bond acceptors (Lipinski definition) is 3. The maximum absolute atomic E-state index is 9.94. The molecule has 2 rings (SSSR count). The molecule has 3 heteroatoms. The second-order valence-corrected chi connectivity index (χ2v) is 4.75. The Morgan fingerprint density at radius 3 is 2.53 bits per heavy atom. The molecule has 0 aromatic heterocycles. The number of aliphatic hydroxyl groups excluding tert-OH is 2. The lowest BCUT2D eigenvalue weighted by Gasteiger charge is -2.30. The fourth-order valence-corrected chi connectivity index (χ4v) is 2.66. The van der Waals surface area contributed by atoms with Gasteiger partial charge < -0.3 is 10.2 Å². The number of benzene rings is 1. The van der Waals surface area contributed by atoms with E-state index in [0.717, 1.165) is 25.8 Å². The summed E-state index contributed by atoms with van der Waals surface area (Å²) in [6, 6.07) is 10.4. The zero-order chi connectivity index (χ0) is 12.1. The molecule has 0 aliphatic heterocycles. The van der Waals surface area contributed by atoms with E-state index in [2.05, 4.69) is 17.0 Å². The van der Waals surface area contributed by atoms with Crippen LogP contribution in [0.4, 0.5) is 0 Å². The highest BCUT2D eigenvalue weighted by Crippen LogP contribution is 2.25. The molecule has 94 valence electrons. The quantitative estimate of drug-likeness (QED) is 0.810. The minimum absolute atomic E-state index is 0.149. The van der Waals surface area contributed by atoms with E-state index in [-0.39, 0.29) is 18.8 Å². The van der Waals surface area contributed by atoms with Crippen LogP contribution in [-0.2, 0) is 6.54 Å². The van der Waals surface area contributed by atoms with E-state index in [1.807, 2.05) is 18.2 Å². The van der Waals surface area contributed by atoms with Gasteiger partial charge in [0.25, 0.3) is 0 Å². The van der Waals surface area contributed by atoms with Crippen LogP contribution < -0.4 is 0 Å². The summed E-state index contributed by atoms with van der Waals surface area (Å²) in [7, 11) is 0. The largest absolute Gasteiger partial charge is 0.395 e. The van der Waals surface area contributed by atoms with Crippen LogP contribution in [-0.4, -0.2) is 40.4 Å². The second kappa shape index (κ2) is 6.15. The van der Waals surface area contributed by atoms with Crippen molar-refractivity contribution in [1.82, 2.24) is 4.90 Å². The number of hydrogen-bond donors (Lipinski definition) is 2. The lowest BCUT2D eigenvalue weighted by Crippen LogP contribution is -2.41. The molecule has 1 fully saturated rings. The molecule has 0 spiro atoms. The van der Waals surface area contributed by atoms with E-state index in [0.29, 0.717) is 6.54 Å². The van der Waals surface area contributed by atoms with Crippen molar-refractivity contribution in [3.8, 4) is 0 Å². The van der Waals surface area contributed by atoms with Crippen molar-refractivity contribution in [2.45, 2.75) is 38.0 Å². The fraction of sp³-hybridized carbons (Fsp3) is 0.571. The number of nitrogens with zero attached hydrogens (tertiary/aromatic N) is 1. The van der Waals surface area contributed by atoms with Crippen LogP contribution in [0.15, 0.2) is 30.3 Å². The Labute approximate surface area is 103 Å². The zero-order valence-electron chi connectivity index (χ0n) is 10.1. The molecule has 1 aliphatic carbocycles. The molecule has 0 amide bonds. The van der Waals surface area contributed by atoms with Crippen molar-refractivity contribution in [2.24, 2.45) is 0 Å². The minimum Gasteiger partial charge on any atom is -0.395 e. The molecule has 0 radical (unpaired) electrons. The van der Waals surface area contributed by atoms with E-state index in [1.54, 1.807) is 0 Å². The summed E-state index contributed by atoms with van der Waals surface area (Å²) in [5.74, 6) is 0. The topological polar surface area (TPSA) is 43.7 Å². The first-order valence-electron chi connectivity index (χ1n) is 6.38. The molecule has 3 nitrogen and oxygen atoms in total. The lowest BCUT2D eigenvalue weighted by molar-refractivity contribution is 0.0546. The van der Waals surface area contributed by atoms with Crippen LogP contribution in [0.2, 0.25) is 0 Å². The van der Waals surface area contributed by atoms with Gasteiger partial charge in [0.1, 0.15) is 0 Å². The molecule has 0 bridgehead atoms. The van der Waals surface area contributed by atoms with Gasteiger partial charge in [-0.05, 0) is 24.8 Å². The van der Waals surface area contributed by atoms with Gasteiger partial charge in [-0.3, -0.25) is 4.90 Å². The van der Waals surface area contributed by atoms with Gasteiger partial charge in [-0.2, -0.15) is 0 Å². The molecule has 1 aliphatic rings. The van der Waals surface area contributed by atoms with Gasteiger partial charge in [0, 0.05) is 19.1 Å². The van der Waals surface area contributed by atoms with Gasteiger partial charge in [-0.1, -0.05) is 30.3 Å². The highest BCUT2D eigenvalue weighted by atomic mass is 16.3. The first-order valence-corrected chi connectivity index (χ1v) is 6.38. The molecular formula is C14H21NO2. The highest BCUT2D eigenvalue weighted by molar-refractivity contribution is 5.14. The summed E-state index contributed by atoms with van der Waals surface area (Å²) in [5.41, 5.74) is 1.24. The van der Waals surface area contributed by atoms with Gasteiger partial charge in [-0.15, -0.1) is 0 Å². The van der Waals surface area contributed by atoms with E-state index < -0.39 is 0 Å². The predicted octanol–water partition coefficient (Wildman–Crippen LogP) is 1.39. The maximum atomic E-state index is 9.94. The lowest BCUT2D eigenvalue weighted by atomic mass is 10.1. The Morgan fingerprint density at radius 1 is 1.18 bits per heavy atom. The van der Waals surface area contributed by atoms with Crippen molar-refractivity contribution in [1.29, 1.82) is 0 Å². The molecule has 1 aromatic carbocycles. The SMILES string of the molecule is OCCN(Cc1ccccc1)[C@@H]1CCC[C@H]1O. The van der Waals surface area contributed by atoms with Crippen LogP contribution >= 0.6 is 0 Å². The van der Waals surface area contributed by atoms with Crippen molar-refractivity contribution >= 4 is 0 Å². The Hall–Kier alpha value is -0.900. The van der Waals surface area contributed by atoms with Gasteiger partial charge in [0.2, 0.25) is 0 Å². The normalized spacial score (nSPS) is 24.4. The summed E-state index contributed by atoms with van der Waals surface area (Å²) in [6.07, 6.45) is 2.78. The summed E-state index contributed by atoms with van der Waals surface area (Å²) >= 11 is 0. The molecule has 1 saturated carbocycles. The van der Waals surface area contributed by atoms with Gasteiger partial charge in [0.15, 0.2) is 0 Å². The predicted molar refractivity (Wildman–Crippen MR) is 67.6 cm³/mol. The highest BCUT2D eigenvalue weighted by Gasteiger charge is 2.30. The van der Waals surface area contributed by atoms with Crippen LogP contribution in [0.3, 0.4) is 0 Å². The molecule has 0 saturated heterocycles. The smallest absolute Gasteiger partial charge is 0.0695 e. The van der Waals surface area contributed by atoms with Crippen LogP contribution in [0, 0.1) is 0 Å². The third-order valence-corrected chi connectivity index (χ3v) is 3.53. The van der Waals surface area contributed by atoms with E-state index in [1.165, 1.54) is 5.56 Å². The molecule has 2 atom stereocenters. The van der Waals surface area contributed by atoms with Crippen molar-refractivity contribution in [2.75, 3.05) is 13.2 Å². The van der Waals surface area contributed by atoms with E-state index in [4.69, 9.17) is 5.11 Å². The maximum Gasteiger partial charge on any atom is 0.0695 e. The Kier molecular flexibility index (Phi) is 4.54. The standard InChI is InChI=1S/C14H21NO2/c16-10-9-15(13-7-4-8-14(13)17)11-12-5-2-1-3-6-12/h1-3,5-6,13-14,16-17H,4,7-11H2/t13-,14-/m1/s1. The zero-order valence-corrected chi connectivity index (χ0v) is 10.1. The van der Waals surface area contributed by atoms with Crippen LogP contribution in [0.1, 0.15) is 24.8 Å². The minimum atomic E-state index is -0.231. The first kappa shape index (κ1) is 12.6. The van der Waals surface area contributed by atoms with Crippen molar-refractivity contribution < 1.29 is 10.2 Å². The molecule has 0 unspecified atom stereocenters. The van der Waals surface area contributed by atoms with E-state index >= 15 is 0 Å². The third-order valence-electron chi connectivity index (χ3n) is 3.53. The average molecular weight is 235 g/mol. The van der Waals surface area contributed by atoms with Crippen LogP contribution in [0.25, 0.3) is 0 Å². The second-order valence-electron chi connectivity index (χ2n) is 4.75. The Morgan fingerprint density at radius 2 is 1.94 bits per heavy atom. The van der Waals surface area contributed by atoms with E-state index in [9.17, 15) is 5.11 Å². The van der Waals surface area contributed by atoms with Crippen molar-refractivity contribution in [3.63, 3.8) is 0 Å². The van der Waals surface area contributed by atoms with Gasteiger partial charge >= 0.3 is 0 Å². The third kappa shape index (κ3) is 3.28. The Balaban J connectivity index is 2.02. The molecular weight excluding hydrogens is 214 g/mol. The average Bonchev–Trinajstić information content (AvgIpc) is 2.76. The summed E-state index contributed by atoms with van der Waals surface area (Å²) < 4.78 is 0. The molecule has 1 aromatic rings.